The van der Waals surface area contributed by atoms with Gasteiger partial charge in [0.15, 0.2) is 11.5 Å². The lowest BCUT2D eigenvalue weighted by Gasteiger charge is -2.18. The molecular formula is C32H30ClN3O4. The Morgan fingerprint density at radius 1 is 0.875 bits per heavy atom. The van der Waals surface area contributed by atoms with Crippen LogP contribution in [0.2, 0.25) is 5.02 Å². The fourth-order valence-corrected chi connectivity index (χ4v) is 4.13. The predicted molar refractivity (Wildman–Crippen MR) is 157 cm³/mol. The third-order valence-electron chi connectivity index (χ3n) is 5.94. The number of hydrogen-bond donors (Lipinski definition) is 2. The van der Waals surface area contributed by atoms with Crippen LogP contribution in [0, 0.1) is 0 Å². The quantitative estimate of drug-likeness (QED) is 0.158. The Morgan fingerprint density at radius 3 is 2.30 bits per heavy atom. The van der Waals surface area contributed by atoms with Gasteiger partial charge in [0.25, 0.3) is 5.91 Å². The molecule has 4 rings (SSSR count). The molecule has 1 atom stereocenters. The normalized spacial score (nSPS) is 11.6. The Morgan fingerprint density at radius 2 is 1.57 bits per heavy atom. The largest absolute Gasteiger partial charge is 0.490 e. The third kappa shape index (κ3) is 8.19. The molecule has 0 aromatic heterocycles. The van der Waals surface area contributed by atoms with Gasteiger partial charge < -0.3 is 14.8 Å². The second-order valence-corrected chi connectivity index (χ2v) is 9.23. The number of ether oxygens (including phenoxy) is 2. The maximum Gasteiger partial charge on any atom is 0.251 e. The standard InChI is InChI=1S/C32H30ClN3O4/c1-2-39-30-19-23(17-18-29(30)40-22-26-15-9-10-16-27(26)33)21-34-36-31(37)20-28(24-11-5-3-6-12-24)35-32(38)25-13-7-4-8-14-25/h3-19,21,28H,2,20,22H2,1H3,(H,35,38)(H,36,37)/b34-21-/t28-/m0/s1. The number of nitrogens with one attached hydrogen (secondary N) is 2. The van der Waals surface area contributed by atoms with Crippen molar-refractivity contribution in [1.29, 1.82) is 0 Å². The SMILES string of the molecule is CCOc1cc(/C=N\NC(=O)C[C@H](NC(=O)c2ccccc2)c2ccccc2)ccc1OCc1ccccc1Cl. The van der Waals surface area contributed by atoms with E-state index in [-0.39, 0.29) is 18.2 Å². The molecule has 2 amide bonds. The van der Waals surface area contributed by atoms with E-state index in [0.717, 1.165) is 11.1 Å². The summed E-state index contributed by atoms with van der Waals surface area (Å²) in [5.74, 6) is 0.523. The van der Waals surface area contributed by atoms with Crippen LogP contribution in [0.25, 0.3) is 0 Å². The highest BCUT2D eigenvalue weighted by Gasteiger charge is 2.19. The maximum atomic E-state index is 12.8. The molecule has 0 aliphatic rings. The summed E-state index contributed by atoms with van der Waals surface area (Å²) in [4.78, 5) is 25.5. The Labute approximate surface area is 238 Å². The molecular weight excluding hydrogens is 526 g/mol. The van der Waals surface area contributed by atoms with Crippen molar-refractivity contribution >= 4 is 29.6 Å². The predicted octanol–water partition coefficient (Wildman–Crippen LogP) is 6.33. The van der Waals surface area contributed by atoms with Gasteiger partial charge in [0, 0.05) is 16.1 Å². The zero-order valence-corrected chi connectivity index (χ0v) is 22.8. The minimum absolute atomic E-state index is 0.0128. The van der Waals surface area contributed by atoms with Gasteiger partial charge in [-0.05, 0) is 54.4 Å². The lowest BCUT2D eigenvalue weighted by Crippen LogP contribution is -2.32. The van der Waals surface area contributed by atoms with Gasteiger partial charge in [-0.15, -0.1) is 0 Å². The zero-order chi connectivity index (χ0) is 28.2. The summed E-state index contributed by atoms with van der Waals surface area (Å²) in [6.45, 7) is 2.64. The van der Waals surface area contributed by atoms with E-state index >= 15 is 0 Å². The van der Waals surface area contributed by atoms with E-state index in [0.29, 0.717) is 40.9 Å². The van der Waals surface area contributed by atoms with E-state index in [2.05, 4.69) is 15.8 Å². The molecule has 40 heavy (non-hydrogen) atoms. The van der Waals surface area contributed by atoms with Crippen LogP contribution in [-0.2, 0) is 11.4 Å². The van der Waals surface area contributed by atoms with Gasteiger partial charge in [0.05, 0.1) is 25.3 Å². The highest BCUT2D eigenvalue weighted by Crippen LogP contribution is 2.29. The van der Waals surface area contributed by atoms with E-state index in [4.69, 9.17) is 21.1 Å². The molecule has 4 aromatic rings. The van der Waals surface area contributed by atoms with E-state index in [1.165, 1.54) is 6.21 Å². The first-order chi connectivity index (χ1) is 19.5. The van der Waals surface area contributed by atoms with Gasteiger partial charge in [0.1, 0.15) is 6.61 Å². The van der Waals surface area contributed by atoms with Crippen molar-refractivity contribution in [3.63, 3.8) is 0 Å². The first kappa shape index (κ1) is 28.4. The molecule has 0 unspecified atom stereocenters. The summed E-state index contributed by atoms with van der Waals surface area (Å²) in [6.07, 6.45) is 1.54. The van der Waals surface area contributed by atoms with Crippen molar-refractivity contribution in [3.05, 3.63) is 130 Å². The fraction of sp³-hybridized carbons (Fsp3) is 0.156. The molecule has 0 radical (unpaired) electrons. The van der Waals surface area contributed by atoms with E-state index < -0.39 is 6.04 Å². The number of carbonyl (C=O) groups is 2. The second-order valence-electron chi connectivity index (χ2n) is 8.82. The van der Waals surface area contributed by atoms with Gasteiger partial charge in [-0.3, -0.25) is 9.59 Å². The molecule has 204 valence electrons. The number of rotatable bonds is 12. The molecule has 0 fully saturated rings. The summed E-state index contributed by atoms with van der Waals surface area (Å²) < 4.78 is 11.7. The van der Waals surface area contributed by atoms with Crippen LogP contribution in [-0.4, -0.2) is 24.6 Å². The average molecular weight is 556 g/mol. The lowest BCUT2D eigenvalue weighted by atomic mass is 10.0. The van der Waals surface area contributed by atoms with Crippen LogP contribution in [0.4, 0.5) is 0 Å². The Kier molecular flexibility index (Phi) is 10.3. The van der Waals surface area contributed by atoms with Crippen LogP contribution in [0.5, 0.6) is 11.5 Å². The summed E-state index contributed by atoms with van der Waals surface area (Å²) in [5, 5.41) is 7.70. The molecule has 0 bridgehead atoms. The highest BCUT2D eigenvalue weighted by atomic mass is 35.5. The Hall–Kier alpha value is -4.62. The maximum absolute atomic E-state index is 12.8. The number of hydrogen-bond acceptors (Lipinski definition) is 5. The minimum Gasteiger partial charge on any atom is -0.490 e. The monoisotopic (exact) mass is 555 g/mol. The van der Waals surface area contributed by atoms with Gasteiger partial charge in [-0.2, -0.15) is 5.10 Å². The summed E-state index contributed by atoms with van der Waals surface area (Å²) in [7, 11) is 0. The Bertz CT molecular complexity index is 1450. The smallest absolute Gasteiger partial charge is 0.251 e. The Balaban J connectivity index is 1.39. The summed E-state index contributed by atoms with van der Waals surface area (Å²) in [6, 6.07) is 30.6. The van der Waals surface area contributed by atoms with E-state index in [1.807, 2.05) is 73.7 Å². The second kappa shape index (κ2) is 14.5. The van der Waals surface area contributed by atoms with Crippen LogP contribution < -0.4 is 20.2 Å². The van der Waals surface area contributed by atoms with E-state index in [9.17, 15) is 9.59 Å². The number of amides is 2. The number of halogens is 1. The van der Waals surface area contributed by atoms with Crippen LogP contribution in [0.15, 0.2) is 108 Å². The lowest BCUT2D eigenvalue weighted by molar-refractivity contribution is -0.121. The highest BCUT2D eigenvalue weighted by molar-refractivity contribution is 6.31. The molecule has 0 saturated heterocycles. The van der Waals surface area contributed by atoms with Crippen LogP contribution >= 0.6 is 11.6 Å². The molecule has 0 heterocycles. The molecule has 2 N–H and O–H groups in total. The summed E-state index contributed by atoms with van der Waals surface area (Å²) >= 11 is 6.23. The number of benzene rings is 4. The van der Waals surface area contributed by atoms with Gasteiger partial charge >= 0.3 is 0 Å². The van der Waals surface area contributed by atoms with Crippen molar-refractivity contribution in [3.8, 4) is 11.5 Å². The van der Waals surface area contributed by atoms with Crippen molar-refractivity contribution in [2.24, 2.45) is 5.10 Å². The number of hydrazone groups is 1. The molecule has 0 spiro atoms. The number of carbonyl (C=O) groups excluding carboxylic acids is 2. The topological polar surface area (TPSA) is 89.0 Å². The van der Waals surface area contributed by atoms with Crippen molar-refractivity contribution in [2.75, 3.05) is 6.61 Å². The molecule has 8 heteroatoms. The molecule has 0 saturated carbocycles. The molecule has 0 aliphatic carbocycles. The van der Waals surface area contributed by atoms with Gasteiger partial charge in [0.2, 0.25) is 5.91 Å². The third-order valence-corrected chi connectivity index (χ3v) is 6.31. The molecule has 0 aliphatic heterocycles. The average Bonchev–Trinajstić information content (AvgIpc) is 2.98. The summed E-state index contributed by atoms with van der Waals surface area (Å²) in [5.41, 5.74) is 5.48. The van der Waals surface area contributed by atoms with Crippen molar-refractivity contribution in [2.45, 2.75) is 26.0 Å². The first-order valence-electron chi connectivity index (χ1n) is 12.9. The van der Waals surface area contributed by atoms with Crippen LogP contribution in [0.3, 0.4) is 0 Å². The van der Waals surface area contributed by atoms with Gasteiger partial charge in [-0.1, -0.05) is 78.3 Å². The number of nitrogens with zero attached hydrogens (tertiary/aromatic N) is 1. The van der Waals surface area contributed by atoms with E-state index in [1.54, 1.807) is 36.4 Å². The molecule has 4 aromatic carbocycles. The zero-order valence-electron chi connectivity index (χ0n) is 22.0. The van der Waals surface area contributed by atoms with Crippen molar-refractivity contribution in [1.82, 2.24) is 10.7 Å². The fourth-order valence-electron chi connectivity index (χ4n) is 3.94. The van der Waals surface area contributed by atoms with Crippen molar-refractivity contribution < 1.29 is 19.1 Å². The van der Waals surface area contributed by atoms with Crippen LogP contribution in [0.1, 0.15) is 46.4 Å². The first-order valence-corrected chi connectivity index (χ1v) is 13.3. The molecule has 7 nitrogen and oxygen atoms in total. The van der Waals surface area contributed by atoms with Gasteiger partial charge in [-0.25, -0.2) is 5.43 Å². The minimum atomic E-state index is -0.525.